The number of rotatable bonds is 5. The fraction of sp³-hybridized carbons (Fsp3) is 0.588. The molecule has 4 heteroatoms. The highest BCUT2D eigenvalue weighted by Gasteiger charge is 2.33. The van der Waals surface area contributed by atoms with Gasteiger partial charge < -0.3 is 11.1 Å². The van der Waals surface area contributed by atoms with Gasteiger partial charge >= 0.3 is 0 Å². The Morgan fingerprint density at radius 3 is 2.71 bits per heavy atom. The molecule has 1 aromatic rings. The standard InChI is InChI=1S/C17H25FN2O/c1-13(14-6-5-7-15(18)10-14)20-16(21)11-17(12-19)8-3-2-4-9-17/h5-7,10,13H,2-4,8-9,11-12,19H2,1H3,(H,20,21)/t13-/m0/s1. The molecule has 3 nitrogen and oxygen atoms in total. The molecule has 1 amide bonds. The molecule has 1 aromatic carbocycles. The molecule has 21 heavy (non-hydrogen) atoms. The second kappa shape index (κ2) is 7.03. The van der Waals surface area contributed by atoms with Gasteiger partial charge in [-0.3, -0.25) is 4.79 Å². The third-order valence-corrected chi connectivity index (χ3v) is 4.61. The molecule has 0 spiro atoms. The first-order valence-corrected chi connectivity index (χ1v) is 7.80. The number of hydrogen-bond donors (Lipinski definition) is 2. The highest BCUT2D eigenvalue weighted by atomic mass is 19.1. The van der Waals surface area contributed by atoms with Gasteiger partial charge in [-0.2, -0.15) is 0 Å². The number of carbonyl (C=O) groups is 1. The Bertz CT molecular complexity index is 483. The summed E-state index contributed by atoms with van der Waals surface area (Å²) in [7, 11) is 0. The minimum atomic E-state index is -0.278. The maximum Gasteiger partial charge on any atom is 0.221 e. The van der Waals surface area contributed by atoms with Crippen molar-refractivity contribution < 1.29 is 9.18 Å². The van der Waals surface area contributed by atoms with Crippen LogP contribution in [-0.2, 0) is 4.79 Å². The van der Waals surface area contributed by atoms with Crippen molar-refractivity contribution in [3.63, 3.8) is 0 Å². The molecule has 0 saturated heterocycles. The van der Waals surface area contributed by atoms with E-state index >= 15 is 0 Å². The summed E-state index contributed by atoms with van der Waals surface area (Å²) in [5.41, 5.74) is 6.67. The quantitative estimate of drug-likeness (QED) is 0.875. The lowest BCUT2D eigenvalue weighted by Crippen LogP contribution is -2.39. The second-order valence-corrected chi connectivity index (χ2v) is 6.29. The molecule has 0 unspecified atom stereocenters. The van der Waals surface area contributed by atoms with Crippen LogP contribution in [0.1, 0.15) is 57.1 Å². The Kier molecular flexibility index (Phi) is 5.34. The van der Waals surface area contributed by atoms with Crippen molar-refractivity contribution in [2.45, 2.75) is 51.5 Å². The van der Waals surface area contributed by atoms with Crippen molar-refractivity contribution in [2.75, 3.05) is 6.54 Å². The number of benzene rings is 1. The fourth-order valence-corrected chi connectivity index (χ4v) is 3.25. The Morgan fingerprint density at radius 1 is 1.38 bits per heavy atom. The maximum absolute atomic E-state index is 13.2. The van der Waals surface area contributed by atoms with Crippen molar-refractivity contribution in [2.24, 2.45) is 11.1 Å². The minimum Gasteiger partial charge on any atom is -0.350 e. The molecule has 1 fully saturated rings. The van der Waals surface area contributed by atoms with E-state index in [1.165, 1.54) is 18.6 Å². The summed E-state index contributed by atoms with van der Waals surface area (Å²) >= 11 is 0. The van der Waals surface area contributed by atoms with Gasteiger partial charge in [0.05, 0.1) is 6.04 Å². The highest BCUT2D eigenvalue weighted by molar-refractivity contribution is 5.77. The van der Waals surface area contributed by atoms with Crippen LogP contribution < -0.4 is 11.1 Å². The molecule has 0 aliphatic heterocycles. The van der Waals surface area contributed by atoms with E-state index in [0.29, 0.717) is 13.0 Å². The van der Waals surface area contributed by atoms with Crippen LogP contribution in [-0.4, -0.2) is 12.5 Å². The molecule has 1 aliphatic carbocycles. The van der Waals surface area contributed by atoms with Gasteiger partial charge in [0, 0.05) is 6.42 Å². The maximum atomic E-state index is 13.2. The summed E-state index contributed by atoms with van der Waals surface area (Å²) in [6.07, 6.45) is 6.09. The van der Waals surface area contributed by atoms with Crippen LogP contribution in [0.25, 0.3) is 0 Å². The van der Waals surface area contributed by atoms with Gasteiger partial charge in [0.25, 0.3) is 0 Å². The van der Waals surface area contributed by atoms with Gasteiger partial charge in [-0.25, -0.2) is 4.39 Å². The third-order valence-electron chi connectivity index (χ3n) is 4.61. The van der Waals surface area contributed by atoms with Gasteiger partial charge in [-0.05, 0) is 49.4 Å². The Hall–Kier alpha value is -1.42. The Morgan fingerprint density at radius 2 is 2.10 bits per heavy atom. The van der Waals surface area contributed by atoms with Crippen LogP contribution in [0, 0.1) is 11.2 Å². The predicted molar refractivity (Wildman–Crippen MR) is 82.1 cm³/mol. The average Bonchev–Trinajstić information content (AvgIpc) is 2.48. The Balaban J connectivity index is 1.94. The van der Waals surface area contributed by atoms with E-state index in [2.05, 4.69) is 5.32 Å². The van der Waals surface area contributed by atoms with Crippen molar-refractivity contribution in [3.8, 4) is 0 Å². The average molecular weight is 292 g/mol. The van der Waals surface area contributed by atoms with Crippen molar-refractivity contribution in [1.29, 1.82) is 0 Å². The first-order valence-electron chi connectivity index (χ1n) is 7.80. The van der Waals surface area contributed by atoms with Crippen molar-refractivity contribution in [3.05, 3.63) is 35.6 Å². The molecule has 0 aromatic heterocycles. The van der Waals surface area contributed by atoms with E-state index in [1.807, 2.05) is 13.0 Å². The van der Waals surface area contributed by atoms with Gasteiger partial charge in [0.15, 0.2) is 0 Å². The summed E-state index contributed by atoms with van der Waals surface area (Å²) in [5.74, 6) is -0.265. The van der Waals surface area contributed by atoms with Gasteiger partial charge in [-0.1, -0.05) is 31.4 Å². The van der Waals surface area contributed by atoms with E-state index in [9.17, 15) is 9.18 Å². The largest absolute Gasteiger partial charge is 0.350 e. The Labute approximate surface area is 126 Å². The fourth-order valence-electron chi connectivity index (χ4n) is 3.25. The number of nitrogens with two attached hydrogens (primary N) is 1. The normalized spacial score (nSPS) is 19.0. The van der Waals surface area contributed by atoms with E-state index in [0.717, 1.165) is 31.2 Å². The molecule has 1 atom stereocenters. The number of nitrogens with one attached hydrogen (secondary N) is 1. The first kappa shape index (κ1) is 16.0. The van der Waals surface area contributed by atoms with E-state index in [-0.39, 0.29) is 23.2 Å². The van der Waals surface area contributed by atoms with Crippen LogP contribution in [0.15, 0.2) is 24.3 Å². The van der Waals surface area contributed by atoms with Crippen molar-refractivity contribution >= 4 is 5.91 Å². The highest BCUT2D eigenvalue weighted by Crippen LogP contribution is 2.38. The van der Waals surface area contributed by atoms with Gasteiger partial charge in [-0.15, -0.1) is 0 Å². The summed E-state index contributed by atoms with van der Waals surface area (Å²) < 4.78 is 13.2. The van der Waals surface area contributed by atoms with Crippen molar-refractivity contribution in [1.82, 2.24) is 5.32 Å². The van der Waals surface area contributed by atoms with E-state index < -0.39 is 0 Å². The van der Waals surface area contributed by atoms with Crippen LogP contribution in [0.4, 0.5) is 4.39 Å². The second-order valence-electron chi connectivity index (χ2n) is 6.29. The third kappa shape index (κ3) is 4.27. The zero-order valence-corrected chi connectivity index (χ0v) is 12.7. The molecule has 0 bridgehead atoms. The minimum absolute atomic E-state index is 0.0131. The van der Waals surface area contributed by atoms with Crippen LogP contribution in [0.3, 0.4) is 0 Å². The van der Waals surface area contributed by atoms with Crippen LogP contribution in [0.2, 0.25) is 0 Å². The SMILES string of the molecule is C[C@H](NC(=O)CC1(CN)CCCCC1)c1cccc(F)c1. The summed E-state index contributed by atoms with van der Waals surface area (Å²) in [4.78, 5) is 12.3. The monoisotopic (exact) mass is 292 g/mol. The van der Waals surface area contributed by atoms with Gasteiger partial charge in [0.2, 0.25) is 5.91 Å². The van der Waals surface area contributed by atoms with Crippen LogP contribution in [0.5, 0.6) is 0 Å². The smallest absolute Gasteiger partial charge is 0.221 e. The van der Waals surface area contributed by atoms with E-state index in [4.69, 9.17) is 5.73 Å². The zero-order chi connectivity index (χ0) is 15.3. The molecule has 0 radical (unpaired) electrons. The molecule has 1 saturated carbocycles. The number of hydrogen-bond acceptors (Lipinski definition) is 2. The topological polar surface area (TPSA) is 55.1 Å². The summed E-state index contributed by atoms with van der Waals surface area (Å²) in [6.45, 7) is 2.44. The van der Waals surface area contributed by atoms with Gasteiger partial charge in [0.1, 0.15) is 5.82 Å². The molecule has 2 rings (SSSR count). The number of halogens is 1. The molecule has 1 aliphatic rings. The van der Waals surface area contributed by atoms with E-state index in [1.54, 1.807) is 6.07 Å². The number of amides is 1. The van der Waals surface area contributed by atoms with Crippen LogP contribution >= 0.6 is 0 Å². The predicted octanol–water partition coefficient (Wildman–Crippen LogP) is 3.30. The summed E-state index contributed by atoms with van der Waals surface area (Å²) in [6, 6.07) is 6.17. The molecule has 3 N–H and O–H groups in total. The number of carbonyl (C=O) groups excluding carboxylic acids is 1. The molecular weight excluding hydrogens is 267 g/mol. The zero-order valence-electron chi connectivity index (χ0n) is 12.7. The lowest BCUT2D eigenvalue weighted by Gasteiger charge is -2.36. The first-order chi connectivity index (χ1) is 10.0. The summed E-state index contributed by atoms with van der Waals surface area (Å²) in [5, 5.41) is 2.97. The molecule has 0 heterocycles. The molecular formula is C17H25FN2O. The lowest BCUT2D eigenvalue weighted by atomic mass is 9.71. The molecule has 116 valence electrons. The lowest BCUT2D eigenvalue weighted by molar-refractivity contribution is -0.124.